The topological polar surface area (TPSA) is 18.5 Å². The first-order chi connectivity index (χ1) is 12.7. The second kappa shape index (κ2) is 14.3. The fourth-order valence-electron chi connectivity index (χ4n) is 3.39. The molecule has 0 aliphatic heterocycles. The lowest BCUT2D eigenvalue weighted by atomic mass is 10.1. The van der Waals surface area contributed by atoms with Crippen LogP contribution in [-0.2, 0) is 10.8 Å². The van der Waals surface area contributed by atoms with Gasteiger partial charge >= 0.3 is 8.56 Å². The van der Waals surface area contributed by atoms with Crippen molar-refractivity contribution in [2.24, 2.45) is 0 Å². The van der Waals surface area contributed by atoms with Crippen molar-refractivity contribution in [3.63, 3.8) is 0 Å². The molecule has 150 valence electrons. The van der Waals surface area contributed by atoms with Crippen LogP contribution in [0.2, 0.25) is 12.1 Å². The molecule has 0 bridgehead atoms. The van der Waals surface area contributed by atoms with E-state index in [0.29, 0.717) is 0 Å². The third-order valence-corrected chi connectivity index (χ3v) is 8.82. The van der Waals surface area contributed by atoms with Crippen LogP contribution in [0.3, 0.4) is 0 Å². The van der Waals surface area contributed by atoms with E-state index in [1.807, 2.05) is 0 Å². The zero-order valence-corrected chi connectivity index (χ0v) is 18.8. The van der Waals surface area contributed by atoms with E-state index in [1.54, 1.807) is 0 Å². The highest BCUT2D eigenvalue weighted by molar-refractivity contribution is 6.68. The summed E-state index contributed by atoms with van der Waals surface area (Å²) >= 11 is 0. The van der Waals surface area contributed by atoms with E-state index >= 15 is 0 Å². The highest BCUT2D eigenvalue weighted by Crippen LogP contribution is 2.27. The van der Waals surface area contributed by atoms with Gasteiger partial charge in [-0.15, -0.1) is 0 Å². The second-order valence-electron chi connectivity index (χ2n) is 7.36. The lowest BCUT2D eigenvalue weighted by Gasteiger charge is -2.30. The van der Waals surface area contributed by atoms with Gasteiger partial charge in [0.15, 0.2) is 0 Å². The molecule has 2 nitrogen and oxygen atoms in total. The molecule has 0 aliphatic rings. The molecule has 0 saturated heterocycles. The van der Waals surface area contributed by atoms with Crippen LogP contribution in [-0.4, -0.2) is 15.2 Å². The predicted octanol–water partition coefficient (Wildman–Crippen LogP) is 7.66. The summed E-state index contributed by atoms with van der Waals surface area (Å²) in [6, 6.07) is 10.5. The molecule has 0 aliphatic carbocycles. The van der Waals surface area contributed by atoms with Crippen molar-refractivity contribution in [2.75, 3.05) is 6.61 Å². The number of unbranched alkanes of at least 4 members (excludes halogenated alkanes) is 8. The first-order valence-electron chi connectivity index (χ1n) is 11.1. The molecule has 1 aromatic rings. The van der Waals surface area contributed by atoms with Crippen LogP contribution in [0.15, 0.2) is 24.3 Å². The molecule has 26 heavy (non-hydrogen) atoms. The maximum absolute atomic E-state index is 6.52. The van der Waals surface area contributed by atoms with Gasteiger partial charge in [0.05, 0.1) is 0 Å². The maximum atomic E-state index is 6.52. The predicted molar refractivity (Wildman–Crippen MR) is 116 cm³/mol. The molecular formula is C23H42O2Si. The van der Waals surface area contributed by atoms with Crippen LogP contribution in [0.4, 0.5) is 0 Å². The highest BCUT2D eigenvalue weighted by atomic mass is 28.4. The molecule has 3 heteroatoms. The van der Waals surface area contributed by atoms with Crippen LogP contribution in [0.1, 0.15) is 91.0 Å². The number of hydrogen-bond donors (Lipinski definition) is 0. The number of rotatable bonds is 16. The molecule has 0 saturated carbocycles. The van der Waals surface area contributed by atoms with E-state index in [4.69, 9.17) is 8.85 Å². The molecule has 1 aromatic carbocycles. The van der Waals surface area contributed by atoms with E-state index in [2.05, 4.69) is 52.0 Å². The second-order valence-corrected chi connectivity index (χ2v) is 11.1. The first-order valence-corrected chi connectivity index (χ1v) is 13.3. The third kappa shape index (κ3) is 8.72. The van der Waals surface area contributed by atoms with Crippen molar-refractivity contribution in [1.82, 2.24) is 0 Å². The molecule has 0 unspecified atom stereocenters. The lowest BCUT2D eigenvalue weighted by molar-refractivity contribution is 0.230. The highest BCUT2D eigenvalue weighted by Gasteiger charge is 2.36. The Hall–Kier alpha value is -0.803. The summed E-state index contributed by atoms with van der Waals surface area (Å²) in [5.74, 6) is 1.04. The Morgan fingerprint density at radius 3 is 1.88 bits per heavy atom. The van der Waals surface area contributed by atoms with Gasteiger partial charge in [-0.1, -0.05) is 97.3 Å². The SMILES string of the molecule is CCCCCCCCCCCO[Si](CC)(CC)Oc1ccccc1CC. The minimum Gasteiger partial charge on any atom is -0.520 e. The number of hydrogen-bond acceptors (Lipinski definition) is 2. The smallest absolute Gasteiger partial charge is 0.398 e. The van der Waals surface area contributed by atoms with Gasteiger partial charge in [0.25, 0.3) is 0 Å². The zero-order chi connectivity index (χ0) is 19.1. The third-order valence-electron chi connectivity index (χ3n) is 5.34. The molecule has 0 fully saturated rings. The average Bonchev–Trinajstić information content (AvgIpc) is 2.69. The Balaban J connectivity index is 2.32. The first kappa shape index (κ1) is 23.2. The minimum absolute atomic E-state index is 0.859. The molecule has 0 atom stereocenters. The molecule has 0 aromatic heterocycles. The fourth-order valence-corrected chi connectivity index (χ4v) is 5.77. The van der Waals surface area contributed by atoms with Crippen molar-refractivity contribution >= 4 is 8.56 Å². The summed E-state index contributed by atoms with van der Waals surface area (Å²) in [4.78, 5) is 0. The van der Waals surface area contributed by atoms with Gasteiger partial charge < -0.3 is 8.85 Å². The maximum Gasteiger partial charge on any atom is 0.398 e. The summed E-state index contributed by atoms with van der Waals surface area (Å²) in [6.07, 6.45) is 13.2. The Labute approximate surface area is 163 Å². The summed E-state index contributed by atoms with van der Waals surface area (Å²) in [6.45, 7) is 9.77. The average molecular weight is 379 g/mol. The Morgan fingerprint density at radius 1 is 0.731 bits per heavy atom. The van der Waals surface area contributed by atoms with Crippen LogP contribution in [0.5, 0.6) is 5.75 Å². The largest absolute Gasteiger partial charge is 0.520 e. The molecule has 0 radical (unpaired) electrons. The quantitative estimate of drug-likeness (QED) is 0.217. The normalized spacial score (nSPS) is 11.7. The summed E-state index contributed by atoms with van der Waals surface area (Å²) < 4.78 is 12.9. The zero-order valence-electron chi connectivity index (χ0n) is 17.8. The van der Waals surface area contributed by atoms with Crippen molar-refractivity contribution in [1.29, 1.82) is 0 Å². The van der Waals surface area contributed by atoms with Gasteiger partial charge in [-0.05, 0) is 36.6 Å². The molecule has 0 amide bonds. The standard InChI is InChI=1S/C23H42O2Si/c1-5-9-10-11-12-13-14-15-18-21-24-26(7-3,8-4)25-23-20-17-16-19-22(23)6-2/h16-17,19-20H,5-15,18,21H2,1-4H3. The van der Waals surface area contributed by atoms with Gasteiger partial charge in [-0.25, -0.2) is 0 Å². The van der Waals surface area contributed by atoms with Crippen molar-refractivity contribution < 1.29 is 8.85 Å². The van der Waals surface area contributed by atoms with Crippen LogP contribution in [0.25, 0.3) is 0 Å². The van der Waals surface area contributed by atoms with E-state index in [1.165, 1.54) is 63.4 Å². The number of aryl methyl sites for hydroxylation is 1. The van der Waals surface area contributed by atoms with Crippen LogP contribution in [0, 0.1) is 0 Å². The summed E-state index contributed by atoms with van der Waals surface area (Å²) in [5, 5.41) is 0. The number of para-hydroxylation sites is 1. The van der Waals surface area contributed by atoms with Crippen LogP contribution >= 0.6 is 0 Å². The van der Waals surface area contributed by atoms with Gasteiger partial charge in [0, 0.05) is 6.61 Å². The molecule has 0 N–H and O–H groups in total. The van der Waals surface area contributed by atoms with Gasteiger partial charge in [0.2, 0.25) is 0 Å². The Kier molecular flexibility index (Phi) is 12.8. The van der Waals surface area contributed by atoms with Gasteiger partial charge in [-0.3, -0.25) is 0 Å². The summed E-state index contributed by atoms with van der Waals surface area (Å²) in [7, 11) is -2.12. The minimum atomic E-state index is -2.12. The van der Waals surface area contributed by atoms with Gasteiger partial charge in [0.1, 0.15) is 5.75 Å². The molecule has 1 rings (SSSR count). The van der Waals surface area contributed by atoms with Crippen molar-refractivity contribution in [2.45, 2.75) is 104 Å². The van der Waals surface area contributed by atoms with E-state index in [9.17, 15) is 0 Å². The molecular weight excluding hydrogens is 336 g/mol. The molecule has 0 spiro atoms. The Bertz CT molecular complexity index is 457. The fraction of sp³-hybridized carbons (Fsp3) is 0.739. The monoisotopic (exact) mass is 378 g/mol. The number of benzene rings is 1. The van der Waals surface area contributed by atoms with Gasteiger partial charge in [-0.2, -0.15) is 0 Å². The van der Waals surface area contributed by atoms with Crippen LogP contribution < -0.4 is 4.43 Å². The van der Waals surface area contributed by atoms with E-state index in [-0.39, 0.29) is 0 Å². The van der Waals surface area contributed by atoms with Crippen molar-refractivity contribution in [3.8, 4) is 5.75 Å². The molecule has 0 heterocycles. The van der Waals surface area contributed by atoms with E-state index < -0.39 is 8.56 Å². The van der Waals surface area contributed by atoms with E-state index in [0.717, 1.165) is 30.9 Å². The summed E-state index contributed by atoms with van der Waals surface area (Å²) in [5.41, 5.74) is 1.29. The lowest BCUT2D eigenvalue weighted by Crippen LogP contribution is -2.44. The Morgan fingerprint density at radius 2 is 1.31 bits per heavy atom. The van der Waals surface area contributed by atoms with Crippen molar-refractivity contribution in [3.05, 3.63) is 29.8 Å².